The molecule has 0 bridgehead atoms. The molecule has 0 aliphatic carbocycles. The fourth-order valence-corrected chi connectivity index (χ4v) is 2.91. The number of hydrogen-bond donors (Lipinski definition) is 7. The highest BCUT2D eigenvalue weighted by molar-refractivity contribution is 4.98. The number of aliphatic hydroxyl groups is 7. The van der Waals surface area contributed by atoms with Gasteiger partial charge in [0.25, 0.3) is 0 Å². The number of ether oxygens (including phenoxy) is 4. The van der Waals surface area contributed by atoms with Gasteiger partial charge in [0.2, 0.25) is 5.79 Å². The van der Waals surface area contributed by atoms with Crippen LogP contribution in [0.3, 0.4) is 0 Å². The van der Waals surface area contributed by atoms with Crippen LogP contribution in [0, 0.1) is 0 Å². The molecule has 0 radical (unpaired) electrons. The van der Waals surface area contributed by atoms with Gasteiger partial charge in [-0.2, -0.15) is 0 Å². The van der Waals surface area contributed by atoms with E-state index in [1.807, 2.05) is 0 Å². The summed E-state index contributed by atoms with van der Waals surface area (Å²) in [7, 11) is 0. The summed E-state index contributed by atoms with van der Waals surface area (Å²) in [4.78, 5) is 0. The minimum absolute atomic E-state index is 0.0876. The van der Waals surface area contributed by atoms with Crippen LogP contribution in [0.2, 0.25) is 0 Å². The number of hydrogen-bond acceptors (Lipinski definition) is 11. The average molecular weight is 384 g/mol. The molecule has 0 aromatic rings. The Morgan fingerprint density at radius 2 is 1.58 bits per heavy atom. The predicted octanol–water partition coefficient (Wildman–Crippen LogP) is -3.96. The van der Waals surface area contributed by atoms with Crippen LogP contribution in [-0.2, 0) is 18.9 Å². The molecule has 7 N–H and O–H groups in total. The van der Waals surface area contributed by atoms with Crippen LogP contribution in [0.1, 0.15) is 13.8 Å². The summed E-state index contributed by atoms with van der Waals surface area (Å²) in [5.74, 6) is -2.15. The average Bonchev–Trinajstić information content (AvgIpc) is 2.85. The Morgan fingerprint density at radius 1 is 0.923 bits per heavy atom. The van der Waals surface area contributed by atoms with E-state index in [0.717, 1.165) is 0 Å². The second-order valence-corrected chi connectivity index (χ2v) is 6.76. The van der Waals surface area contributed by atoms with Gasteiger partial charge in [0.05, 0.1) is 19.3 Å². The lowest BCUT2D eigenvalue weighted by molar-refractivity contribution is -0.383. The van der Waals surface area contributed by atoms with Crippen molar-refractivity contribution in [3.8, 4) is 0 Å². The van der Waals surface area contributed by atoms with Gasteiger partial charge < -0.3 is 54.7 Å². The molecule has 0 saturated carbocycles. The highest BCUT2D eigenvalue weighted by Gasteiger charge is 2.58. The normalized spacial score (nSPS) is 46.8. The van der Waals surface area contributed by atoms with E-state index >= 15 is 0 Å². The lowest BCUT2D eigenvalue weighted by Gasteiger charge is -2.43. The van der Waals surface area contributed by atoms with Gasteiger partial charge in [-0.15, -0.1) is 0 Å². The first-order valence-corrected chi connectivity index (χ1v) is 8.41. The standard InChI is InChI=1S/C15H28O11/c1-6(2)23-4-8-10(19)13(22)15(5-17,25-8)26-14-12(21)11(20)9(18)7(3-16)24-14/h6-14,16-22H,3-5H2,1-2H3/t7?,8-,9-,10?,11?,12?,13?,14-,15+/m1/s1. The molecule has 9 atom stereocenters. The molecule has 0 aromatic heterocycles. The molecule has 2 aliphatic rings. The third-order valence-electron chi connectivity index (χ3n) is 4.48. The van der Waals surface area contributed by atoms with Crippen molar-refractivity contribution in [1.29, 1.82) is 0 Å². The van der Waals surface area contributed by atoms with Crippen LogP contribution in [0.15, 0.2) is 0 Å². The quantitative estimate of drug-likeness (QED) is 0.228. The minimum Gasteiger partial charge on any atom is -0.394 e. The first-order valence-electron chi connectivity index (χ1n) is 8.41. The molecule has 0 amide bonds. The minimum atomic E-state index is -2.15. The van der Waals surface area contributed by atoms with Crippen molar-refractivity contribution in [2.45, 2.75) is 74.8 Å². The summed E-state index contributed by atoms with van der Waals surface area (Å²) < 4.78 is 21.4. The monoisotopic (exact) mass is 384 g/mol. The van der Waals surface area contributed by atoms with E-state index in [2.05, 4.69) is 0 Å². The first-order chi connectivity index (χ1) is 12.2. The zero-order valence-corrected chi connectivity index (χ0v) is 14.6. The van der Waals surface area contributed by atoms with Gasteiger partial charge in [0.15, 0.2) is 6.29 Å². The summed E-state index contributed by atoms with van der Waals surface area (Å²) in [6, 6.07) is 0. The molecule has 0 aromatic carbocycles. The highest BCUT2D eigenvalue weighted by Crippen LogP contribution is 2.36. The molecule has 2 fully saturated rings. The molecule has 2 aliphatic heterocycles. The van der Waals surface area contributed by atoms with Crippen LogP contribution >= 0.6 is 0 Å². The van der Waals surface area contributed by atoms with Crippen LogP contribution < -0.4 is 0 Å². The zero-order valence-electron chi connectivity index (χ0n) is 14.6. The summed E-state index contributed by atoms with van der Waals surface area (Å²) in [5.41, 5.74) is 0. The molecule has 2 rings (SSSR count). The maximum Gasteiger partial charge on any atom is 0.224 e. The second kappa shape index (κ2) is 8.71. The van der Waals surface area contributed by atoms with Crippen LogP contribution in [0.25, 0.3) is 0 Å². The van der Waals surface area contributed by atoms with Crippen molar-refractivity contribution in [3.63, 3.8) is 0 Å². The van der Waals surface area contributed by atoms with Gasteiger partial charge in [-0.05, 0) is 13.8 Å². The summed E-state index contributed by atoms with van der Waals surface area (Å²) in [5, 5.41) is 69.0. The van der Waals surface area contributed by atoms with E-state index in [1.165, 1.54) is 0 Å². The van der Waals surface area contributed by atoms with Gasteiger partial charge >= 0.3 is 0 Å². The Balaban J connectivity index is 2.13. The van der Waals surface area contributed by atoms with Crippen molar-refractivity contribution >= 4 is 0 Å². The van der Waals surface area contributed by atoms with Crippen LogP contribution in [0.5, 0.6) is 0 Å². The summed E-state index contributed by atoms with van der Waals surface area (Å²) in [6.07, 6.45) is -12.3. The zero-order chi connectivity index (χ0) is 19.6. The van der Waals surface area contributed by atoms with E-state index in [9.17, 15) is 35.7 Å². The fraction of sp³-hybridized carbons (Fsp3) is 1.00. The maximum atomic E-state index is 10.3. The Labute approximate surface area is 150 Å². The highest BCUT2D eigenvalue weighted by atomic mass is 16.8. The van der Waals surface area contributed by atoms with E-state index in [4.69, 9.17) is 18.9 Å². The van der Waals surface area contributed by atoms with Crippen molar-refractivity contribution in [1.82, 2.24) is 0 Å². The Morgan fingerprint density at radius 3 is 2.12 bits per heavy atom. The molecular formula is C15H28O11. The second-order valence-electron chi connectivity index (χ2n) is 6.76. The van der Waals surface area contributed by atoms with E-state index < -0.39 is 68.0 Å². The van der Waals surface area contributed by atoms with Crippen LogP contribution in [-0.4, -0.2) is 116 Å². The molecular weight excluding hydrogens is 356 g/mol. The molecule has 0 spiro atoms. The largest absolute Gasteiger partial charge is 0.394 e. The first kappa shape index (κ1) is 21.9. The summed E-state index contributed by atoms with van der Waals surface area (Å²) in [6.45, 7) is 1.87. The Hall–Kier alpha value is -0.440. The molecule has 26 heavy (non-hydrogen) atoms. The third-order valence-corrected chi connectivity index (χ3v) is 4.48. The van der Waals surface area contributed by atoms with E-state index in [0.29, 0.717) is 0 Å². The smallest absolute Gasteiger partial charge is 0.224 e. The number of aliphatic hydroxyl groups excluding tert-OH is 7. The predicted molar refractivity (Wildman–Crippen MR) is 82.6 cm³/mol. The van der Waals surface area contributed by atoms with Gasteiger partial charge in [-0.25, -0.2) is 0 Å². The maximum absolute atomic E-state index is 10.3. The molecule has 11 nitrogen and oxygen atoms in total. The fourth-order valence-electron chi connectivity index (χ4n) is 2.91. The number of rotatable bonds is 7. The van der Waals surface area contributed by atoms with Crippen molar-refractivity contribution in [3.05, 3.63) is 0 Å². The molecule has 154 valence electrons. The molecule has 2 saturated heterocycles. The topological polar surface area (TPSA) is 179 Å². The third kappa shape index (κ3) is 4.18. The Kier molecular flexibility index (Phi) is 7.32. The van der Waals surface area contributed by atoms with Crippen molar-refractivity contribution in [2.75, 3.05) is 19.8 Å². The Bertz CT molecular complexity index is 447. The van der Waals surface area contributed by atoms with Crippen molar-refractivity contribution < 1.29 is 54.7 Å². The van der Waals surface area contributed by atoms with Gasteiger partial charge in [-0.3, -0.25) is 0 Å². The van der Waals surface area contributed by atoms with Gasteiger partial charge in [0.1, 0.15) is 49.3 Å². The molecule has 2 heterocycles. The van der Waals surface area contributed by atoms with Gasteiger partial charge in [-0.1, -0.05) is 0 Å². The lowest BCUT2D eigenvalue weighted by Crippen LogP contribution is -2.62. The van der Waals surface area contributed by atoms with E-state index in [1.54, 1.807) is 13.8 Å². The van der Waals surface area contributed by atoms with Gasteiger partial charge in [0, 0.05) is 0 Å². The van der Waals surface area contributed by atoms with Crippen molar-refractivity contribution in [2.24, 2.45) is 0 Å². The van der Waals surface area contributed by atoms with Crippen LogP contribution in [0.4, 0.5) is 0 Å². The molecule has 11 heteroatoms. The SMILES string of the molecule is CC(C)OC[C@H]1O[C@@](CO)(O[C@H]2OC(CO)[C@@H](O)C(O)C2O)C(O)C1O. The van der Waals surface area contributed by atoms with E-state index in [-0.39, 0.29) is 12.7 Å². The lowest BCUT2D eigenvalue weighted by atomic mass is 9.99. The molecule has 5 unspecified atom stereocenters. The summed E-state index contributed by atoms with van der Waals surface area (Å²) >= 11 is 0.